The van der Waals surface area contributed by atoms with Gasteiger partial charge in [-0.2, -0.15) is 0 Å². The largest absolute Gasteiger partial charge is 0.496 e. The Morgan fingerprint density at radius 3 is 2.86 bits per heavy atom. The zero-order valence-electron chi connectivity index (χ0n) is 7.41. The number of halogens is 1. The molecular weight excluding hydrogens is 264 g/mol. The molecule has 1 aromatic carbocycles. The van der Waals surface area contributed by atoms with Gasteiger partial charge in [0.1, 0.15) is 12.0 Å². The van der Waals surface area contributed by atoms with Crippen LogP contribution >= 0.6 is 27.3 Å². The van der Waals surface area contributed by atoms with Crippen LogP contribution in [0.5, 0.6) is 5.75 Å². The van der Waals surface area contributed by atoms with Crippen molar-refractivity contribution >= 4 is 43.6 Å². The minimum atomic E-state index is 0.642. The molecule has 2 rings (SSSR count). The van der Waals surface area contributed by atoms with Crippen LogP contribution in [0, 0.1) is 0 Å². The number of ether oxygens (including phenoxy) is 1. The van der Waals surface area contributed by atoms with Gasteiger partial charge in [0.2, 0.25) is 0 Å². The van der Waals surface area contributed by atoms with Gasteiger partial charge in [0.25, 0.3) is 0 Å². The number of benzene rings is 1. The normalized spacial score (nSPS) is 10.4. The minimum Gasteiger partial charge on any atom is -0.496 e. The third-order valence-corrected chi connectivity index (χ3v) is 3.53. The molecule has 0 N–H and O–H groups in total. The highest BCUT2D eigenvalue weighted by molar-refractivity contribution is 9.11. The number of hydrogen-bond donors (Lipinski definition) is 0. The minimum absolute atomic E-state index is 0.642. The average Bonchev–Trinajstić information content (AvgIpc) is 2.56. The number of aldehydes is 1. The van der Waals surface area contributed by atoms with Gasteiger partial charge in [-0.1, -0.05) is 0 Å². The summed E-state index contributed by atoms with van der Waals surface area (Å²) in [7, 11) is 1.61. The Labute approximate surface area is 93.6 Å². The van der Waals surface area contributed by atoms with E-state index in [9.17, 15) is 4.79 Å². The van der Waals surface area contributed by atoms with Gasteiger partial charge in [0.15, 0.2) is 0 Å². The number of rotatable bonds is 2. The molecule has 4 heteroatoms. The molecule has 0 radical (unpaired) electrons. The summed E-state index contributed by atoms with van der Waals surface area (Å²) in [4.78, 5) is 10.7. The van der Waals surface area contributed by atoms with Crippen molar-refractivity contribution in [1.29, 1.82) is 0 Å². The molecule has 0 saturated heterocycles. The van der Waals surface area contributed by atoms with Crippen LogP contribution in [0.4, 0.5) is 0 Å². The number of carbonyl (C=O) groups excluding carboxylic acids is 1. The van der Waals surface area contributed by atoms with Gasteiger partial charge in [-0.05, 0) is 34.1 Å². The second kappa shape index (κ2) is 3.71. The lowest BCUT2D eigenvalue weighted by Crippen LogP contribution is -1.86. The van der Waals surface area contributed by atoms with Crippen molar-refractivity contribution in [3.63, 3.8) is 0 Å². The predicted molar refractivity (Wildman–Crippen MR) is 61.5 cm³/mol. The van der Waals surface area contributed by atoms with Crippen molar-refractivity contribution in [2.45, 2.75) is 0 Å². The van der Waals surface area contributed by atoms with Crippen LogP contribution in [0.3, 0.4) is 0 Å². The standard InChI is InChI=1S/C10H7BrO2S/c1-13-8-2-6(5-12)3-9-7(8)4-10(11)14-9/h2-5H,1H3. The number of carbonyl (C=O) groups is 1. The first-order valence-electron chi connectivity index (χ1n) is 3.97. The number of hydrogen-bond acceptors (Lipinski definition) is 3. The molecule has 0 aliphatic rings. The lowest BCUT2D eigenvalue weighted by atomic mass is 10.2. The molecule has 1 aromatic heterocycles. The highest BCUT2D eigenvalue weighted by Crippen LogP contribution is 2.36. The lowest BCUT2D eigenvalue weighted by molar-refractivity contribution is 0.112. The van der Waals surface area contributed by atoms with E-state index in [0.29, 0.717) is 5.56 Å². The maximum absolute atomic E-state index is 10.7. The van der Waals surface area contributed by atoms with Crippen molar-refractivity contribution < 1.29 is 9.53 Å². The van der Waals surface area contributed by atoms with Crippen molar-refractivity contribution in [2.75, 3.05) is 7.11 Å². The van der Waals surface area contributed by atoms with E-state index in [2.05, 4.69) is 15.9 Å². The number of fused-ring (bicyclic) bond motifs is 1. The topological polar surface area (TPSA) is 26.3 Å². The summed E-state index contributed by atoms with van der Waals surface area (Å²) in [6.45, 7) is 0. The summed E-state index contributed by atoms with van der Waals surface area (Å²) >= 11 is 5.00. The van der Waals surface area contributed by atoms with Crippen molar-refractivity contribution in [1.82, 2.24) is 0 Å². The fraction of sp³-hybridized carbons (Fsp3) is 0.100. The third-order valence-electron chi connectivity index (χ3n) is 1.95. The van der Waals surface area contributed by atoms with E-state index >= 15 is 0 Å². The zero-order chi connectivity index (χ0) is 10.1. The fourth-order valence-corrected chi connectivity index (χ4v) is 2.94. The molecule has 0 aliphatic heterocycles. The molecule has 0 aliphatic carbocycles. The van der Waals surface area contributed by atoms with Gasteiger partial charge in [-0.25, -0.2) is 0 Å². The van der Waals surface area contributed by atoms with Crippen molar-refractivity contribution in [3.05, 3.63) is 27.5 Å². The fourth-order valence-electron chi connectivity index (χ4n) is 1.33. The second-order valence-electron chi connectivity index (χ2n) is 2.80. The molecule has 0 bridgehead atoms. The van der Waals surface area contributed by atoms with Crippen LogP contribution in [0.2, 0.25) is 0 Å². The number of thiophene rings is 1. The Balaban J connectivity index is 2.78. The van der Waals surface area contributed by atoms with E-state index in [4.69, 9.17) is 4.74 Å². The van der Waals surface area contributed by atoms with Crippen LogP contribution in [-0.4, -0.2) is 13.4 Å². The Kier molecular flexibility index (Phi) is 2.56. The Hall–Kier alpha value is -0.870. The maximum Gasteiger partial charge on any atom is 0.150 e. The molecule has 0 atom stereocenters. The van der Waals surface area contributed by atoms with Crippen LogP contribution in [0.15, 0.2) is 22.0 Å². The van der Waals surface area contributed by atoms with Crippen molar-refractivity contribution in [3.8, 4) is 5.75 Å². The highest BCUT2D eigenvalue weighted by Gasteiger charge is 2.07. The molecule has 0 saturated carbocycles. The van der Waals surface area contributed by atoms with Crippen LogP contribution in [0.1, 0.15) is 10.4 Å². The first-order valence-corrected chi connectivity index (χ1v) is 5.58. The summed E-state index contributed by atoms with van der Waals surface area (Å²) < 4.78 is 7.30. The Morgan fingerprint density at radius 1 is 1.43 bits per heavy atom. The van der Waals surface area contributed by atoms with Crippen LogP contribution < -0.4 is 4.74 Å². The van der Waals surface area contributed by atoms with Gasteiger partial charge in [0.05, 0.1) is 10.9 Å². The summed E-state index contributed by atoms with van der Waals surface area (Å²) in [5, 5.41) is 1.04. The highest BCUT2D eigenvalue weighted by atomic mass is 79.9. The van der Waals surface area contributed by atoms with Crippen LogP contribution in [0.25, 0.3) is 10.1 Å². The summed E-state index contributed by atoms with van der Waals surface area (Å²) in [6, 6.07) is 5.60. The average molecular weight is 271 g/mol. The SMILES string of the molecule is COc1cc(C=O)cc2sc(Br)cc12. The molecule has 0 fully saturated rings. The predicted octanol–water partition coefficient (Wildman–Crippen LogP) is 3.48. The monoisotopic (exact) mass is 270 g/mol. The second-order valence-corrected chi connectivity index (χ2v) is 5.27. The molecule has 0 spiro atoms. The first-order chi connectivity index (χ1) is 6.74. The Morgan fingerprint density at radius 2 is 2.21 bits per heavy atom. The summed E-state index contributed by atoms with van der Waals surface area (Å²) in [5.41, 5.74) is 0.642. The van der Waals surface area contributed by atoms with Crippen molar-refractivity contribution in [2.24, 2.45) is 0 Å². The molecule has 2 aromatic rings. The van der Waals surface area contributed by atoms with Gasteiger partial charge in [-0.15, -0.1) is 11.3 Å². The molecule has 2 nitrogen and oxygen atoms in total. The molecular formula is C10H7BrO2S. The van der Waals surface area contributed by atoms with Gasteiger partial charge < -0.3 is 4.74 Å². The number of methoxy groups -OCH3 is 1. The first kappa shape index (κ1) is 9.68. The van der Waals surface area contributed by atoms with E-state index in [1.54, 1.807) is 24.5 Å². The van der Waals surface area contributed by atoms with Gasteiger partial charge in [-0.3, -0.25) is 4.79 Å². The molecule has 0 amide bonds. The molecule has 1 heterocycles. The lowest BCUT2D eigenvalue weighted by Gasteiger charge is -2.01. The third kappa shape index (κ3) is 1.55. The molecule has 0 unspecified atom stereocenters. The van der Waals surface area contributed by atoms with E-state index in [-0.39, 0.29) is 0 Å². The molecule has 14 heavy (non-hydrogen) atoms. The van der Waals surface area contributed by atoms with Gasteiger partial charge in [0, 0.05) is 15.6 Å². The van der Waals surface area contributed by atoms with Gasteiger partial charge >= 0.3 is 0 Å². The summed E-state index contributed by atoms with van der Waals surface area (Å²) in [6.07, 6.45) is 0.829. The summed E-state index contributed by atoms with van der Waals surface area (Å²) in [5.74, 6) is 0.742. The van der Waals surface area contributed by atoms with E-state index in [0.717, 1.165) is 25.9 Å². The zero-order valence-corrected chi connectivity index (χ0v) is 9.81. The molecule has 72 valence electrons. The Bertz CT molecular complexity index is 490. The smallest absolute Gasteiger partial charge is 0.150 e. The van der Waals surface area contributed by atoms with E-state index in [1.165, 1.54) is 0 Å². The van der Waals surface area contributed by atoms with Crippen LogP contribution in [-0.2, 0) is 0 Å². The maximum atomic E-state index is 10.7. The quantitative estimate of drug-likeness (QED) is 0.781. The van der Waals surface area contributed by atoms with E-state index < -0.39 is 0 Å². The van der Waals surface area contributed by atoms with E-state index in [1.807, 2.05) is 12.1 Å².